The third-order valence-electron chi connectivity index (χ3n) is 12.0. The Kier molecular flexibility index (Phi) is 8.36. The van der Waals surface area contributed by atoms with Crippen LogP contribution in [0, 0.1) is 13.8 Å². The summed E-state index contributed by atoms with van der Waals surface area (Å²) in [6.45, 7) is 4.48. The van der Waals surface area contributed by atoms with E-state index in [1.165, 1.54) is 58.2 Å². The topological polar surface area (TPSA) is 38.7 Å². The van der Waals surface area contributed by atoms with Crippen LogP contribution >= 0.6 is 0 Å². The van der Waals surface area contributed by atoms with Crippen LogP contribution in [0.15, 0.2) is 176 Å². The van der Waals surface area contributed by atoms with Gasteiger partial charge in [0.15, 0.2) is 0 Å². The SMILES string of the molecule is Cc1cc2c(c(-c3nnnc(-c4c(-c5ccccc5)cccc4-c4cccc5[se]c6ccccc6c45)c3-c3ccccc3-c3ccccc3)c1C)Cc1ccccc1-2. The van der Waals surface area contributed by atoms with E-state index in [0.29, 0.717) is 0 Å². The van der Waals surface area contributed by atoms with E-state index in [1.807, 2.05) is 0 Å². The van der Waals surface area contributed by atoms with Gasteiger partial charge in [-0.3, -0.25) is 0 Å². The van der Waals surface area contributed by atoms with E-state index >= 15 is 0 Å². The molecular weight excluding hydrogens is 770 g/mol. The second kappa shape index (κ2) is 14.0. The molecule has 0 fully saturated rings. The Morgan fingerprint density at radius 3 is 1.79 bits per heavy atom. The van der Waals surface area contributed by atoms with Crippen LogP contribution in [0.4, 0.5) is 0 Å². The fourth-order valence-electron chi connectivity index (χ4n) is 9.23. The van der Waals surface area contributed by atoms with E-state index in [0.717, 1.165) is 67.9 Å². The van der Waals surface area contributed by atoms with E-state index in [1.54, 1.807) is 0 Å². The minimum Gasteiger partial charge on any atom is -0.0619 e. The normalized spacial score (nSPS) is 11.9. The van der Waals surface area contributed by atoms with Gasteiger partial charge in [0, 0.05) is 0 Å². The third-order valence-corrected chi connectivity index (χ3v) is 14.4. The first kappa shape index (κ1) is 34.5. The predicted octanol–water partition coefficient (Wildman–Crippen LogP) is 13.4. The number of benzene rings is 8. The van der Waals surface area contributed by atoms with Crippen molar-refractivity contribution in [2.45, 2.75) is 20.3 Å². The number of hydrogen-bond acceptors (Lipinski definition) is 3. The monoisotopic (exact) mass is 807 g/mol. The maximum atomic E-state index is 5.18. The first-order valence-electron chi connectivity index (χ1n) is 19.8. The zero-order chi connectivity index (χ0) is 38.7. The number of aromatic nitrogens is 3. The minimum absolute atomic E-state index is 0.225. The van der Waals surface area contributed by atoms with Crippen molar-refractivity contribution in [2.75, 3.05) is 0 Å². The number of hydrogen-bond donors (Lipinski definition) is 0. The molecule has 3 nitrogen and oxygen atoms in total. The van der Waals surface area contributed by atoms with Gasteiger partial charge in [-0.05, 0) is 0 Å². The Labute approximate surface area is 344 Å². The van der Waals surface area contributed by atoms with Gasteiger partial charge in [0.1, 0.15) is 0 Å². The zero-order valence-electron chi connectivity index (χ0n) is 32.2. The van der Waals surface area contributed by atoms with Crippen LogP contribution in [-0.2, 0) is 6.42 Å². The molecule has 0 atom stereocenters. The molecule has 2 aromatic heterocycles. The summed E-state index contributed by atoms with van der Waals surface area (Å²) in [5.41, 5.74) is 20.5. The molecule has 1 aliphatic carbocycles. The molecule has 0 unspecified atom stereocenters. The molecule has 0 spiro atoms. The average molecular weight is 807 g/mol. The molecule has 0 aliphatic heterocycles. The van der Waals surface area contributed by atoms with Crippen molar-refractivity contribution >= 4 is 33.8 Å². The van der Waals surface area contributed by atoms with Crippen molar-refractivity contribution in [3.05, 3.63) is 198 Å². The van der Waals surface area contributed by atoms with E-state index in [9.17, 15) is 0 Å². The molecule has 0 amide bonds. The van der Waals surface area contributed by atoms with Crippen molar-refractivity contribution in [1.82, 2.24) is 15.4 Å². The first-order chi connectivity index (χ1) is 28.6. The van der Waals surface area contributed by atoms with Crippen LogP contribution in [0.1, 0.15) is 22.3 Å². The van der Waals surface area contributed by atoms with Crippen LogP contribution in [0.5, 0.6) is 0 Å². The van der Waals surface area contributed by atoms with Gasteiger partial charge in [-0.2, -0.15) is 0 Å². The van der Waals surface area contributed by atoms with Crippen LogP contribution in [0.2, 0.25) is 0 Å². The number of fused-ring (bicyclic) bond motifs is 6. The van der Waals surface area contributed by atoms with Crippen LogP contribution in [-0.4, -0.2) is 29.9 Å². The second-order valence-corrected chi connectivity index (χ2v) is 17.5. The van der Waals surface area contributed by atoms with E-state index in [2.05, 4.69) is 190 Å². The van der Waals surface area contributed by atoms with Crippen molar-refractivity contribution in [3.63, 3.8) is 0 Å². The van der Waals surface area contributed by atoms with Gasteiger partial charge in [0.05, 0.1) is 0 Å². The van der Waals surface area contributed by atoms with Gasteiger partial charge < -0.3 is 0 Å². The Bertz CT molecular complexity index is 3220. The van der Waals surface area contributed by atoms with Gasteiger partial charge in [-0.15, -0.1) is 0 Å². The molecular formula is C54H37N3Se. The summed E-state index contributed by atoms with van der Waals surface area (Å²) in [7, 11) is 0. The van der Waals surface area contributed by atoms with E-state index < -0.39 is 0 Å². The van der Waals surface area contributed by atoms with Crippen molar-refractivity contribution in [3.8, 4) is 78.1 Å². The summed E-state index contributed by atoms with van der Waals surface area (Å²) >= 11 is 0.225. The van der Waals surface area contributed by atoms with E-state index in [4.69, 9.17) is 15.4 Å². The van der Waals surface area contributed by atoms with Crippen molar-refractivity contribution in [2.24, 2.45) is 0 Å². The maximum absolute atomic E-state index is 5.18. The van der Waals surface area contributed by atoms with Crippen LogP contribution in [0.25, 0.3) is 97.4 Å². The zero-order valence-corrected chi connectivity index (χ0v) is 33.9. The van der Waals surface area contributed by atoms with Crippen LogP contribution in [0.3, 0.4) is 0 Å². The summed E-state index contributed by atoms with van der Waals surface area (Å²) in [5, 5.41) is 17.7. The smallest absolute Gasteiger partial charge is 0.0619 e. The molecule has 58 heavy (non-hydrogen) atoms. The van der Waals surface area contributed by atoms with Gasteiger partial charge in [0.2, 0.25) is 0 Å². The van der Waals surface area contributed by atoms with Crippen LogP contribution < -0.4 is 0 Å². The molecule has 0 N–H and O–H groups in total. The summed E-state index contributed by atoms with van der Waals surface area (Å²) in [6.07, 6.45) is 0.838. The molecule has 0 radical (unpaired) electrons. The molecule has 0 saturated heterocycles. The first-order valence-corrected chi connectivity index (χ1v) is 21.5. The summed E-state index contributed by atoms with van der Waals surface area (Å²) in [5.74, 6) is 0. The Balaban J connectivity index is 1.30. The Hall–Kier alpha value is -6.71. The predicted molar refractivity (Wildman–Crippen MR) is 242 cm³/mol. The van der Waals surface area contributed by atoms with Crippen molar-refractivity contribution < 1.29 is 0 Å². The Morgan fingerprint density at radius 2 is 1.00 bits per heavy atom. The number of rotatable bonds is 6. The molecule has 0 bridgehead atoms. The fourth-order valence-corrected chi connectivity index (χ4v) is 11.6. The summed E-state index contributed by atoms with van der Waals surface area (Å²) in [4.78, 5) is 0. The van der Waals surface area contributed by atoms with Gasteiger partial charge in [0.25, 0.3) is 0 Å². The standard InChI is InChI=1S/C54H37N3Se/c1-33-31-45-39-23-10-9-21-37(39)32-46(45)49(34(33)2)53-52(41-24-12-11-22-38(41)35-17-5-3-6-18-35)54(56-57-55-53)51-40(36-19-7-4-8-20-36)26-15-27-43(51)42-28-16-30-48-50(42)44-25-13-14-29-47(44)58-48/h3-31H,32H2,1-2H3. The molecule has 8 aromatic carbocycles. The molecule has 4 heteroatoms. The van der Waals surface area contributed by atoms with Gasteiger partial charge in [-0.25, -0.2) is 0 Å². The molecule has 10 aromatic rings. The molecule has 1 aliphatic rings. The number of nitrogens with zero attached hydrogens (tertiary/aromatic N) is 3. The molecule has 274 valence electrons. The summed E-state index contributed by atoms with van der Waals surface area (Å²) < 4.78 is 2.83. The fraction of sp³-hybridized carbons (Fsp3) is 0.0556. The van der Waals surface area contributed by atoms with Gasteiger partial charge in [-0.1, -0.05) is 30.3 Å². The second-order valence-electron chi connectivity index (χ2n) is 15.2. The molecule has 2 heterocycles. The van der Waals surface area contributed by atoms with Gasteiger partial charge >= 0.3 is 315 Å². The Morgan fingerprint density at radius 1 is 0.431 bits per heavy atom. The molecule has 11 rings (SSSR count). The molecule has 0 saturated carbocycles. The third kappa shape index (κ3) is 5.52. The summed E-state index contributed by atoms with van der Waals surface area (Å²) in [6, 6.07) is 63.9. The average Bonchev–Trinajstić information content (AvgIpc) is 3.85. The quantitative estimate of drug-likeness (QED) is 0.157. The number of aryl methyl sites for hydroxylation is 1. The van der Waals surface area contributed by atoms with E-state index in [-0.39, 0.29) is 14.5 Å². The minimum atomic E-state index is 0.225. The van der Waals surface area contributed by atoms with Crippen molar-refractivity contribution in [1.29, 1.82) is 0 Å².